The molecule has 0 spiro atoms. The third-order valence-electron chi connectivity index (χ3n) is 2.00. The lowest BCUT2D eigenvalue weighted by atomic mass is 9.79. The normalized spacial score (nSPS) is 10.6. The lowest BCUT2D eigenvalue weighted by Crippen LogP contribution is -2.32. The van der Waals surface area contributed by atoms with E-state index in [2.05, 4.69) is 4.74 Å². The van der Waals surface area contributed by atoms with Gasteiger partial charge in [-0.3, -0.25) is 0 Å². The maximum atomic E-state index is 13.1. The molecule has 17 heavy (non-hydrogen) atoms. The molecule has 1 aromatic carbocycles. The van der Waals surface area contributed by atoms with E-state index in [4.69, 9.17) is 10.0 Å². The first-order valence-corrected chi connectivity index (χ1v) is 5.05. The van der Waals surface area contributed by atoms with Crippen molar-refractivity contribution in [1.82, 2.24) is 0 Å². The summed E-state index contributed by atoms with van der Waals surface area (Å²) >= 11 is 0. The molecule has 0 saturated carbocycles. The molecule has 1 rings (SSSR count). The smallest absolute Gasteiger partial charge is 0.463 e. The van der Waals surface area contributed by atoms with Crippen LogP contribution in [0.2, 0.25) is 0 Å². The topological polar surface area (TPSA) is 66.8 Å². The van der Waals surface area contributed by atoms with Crippen molar-refractivity contribution >= 4 is 24.6 Å². The number of carbonyl (C=O) groups excluding carboxylic acids is 1. The second-order valence-electron chi connectivity index (χ2n) is 3.24. The average molecular weight is 238 g/mol. The van der Waals surface area contributed by atoms with Crippen molar-refractivity contribution in [2.45, 2.75) is 6.92 Å². The number of rotatable bonds is 4. The van der Waals surface area contributed by atoms with E-state index in [-0.39, 0.29) is 12.1 Å². The standard InChI is InChI=1S/C11H12BFO4/c1-2-17-11(14)6-4-8-3-5-10(13)9(7-8)12(15)16/h3-7,15-16H,2H2,1H3. The molecule has 4 nitrogen and oxygen atoms in total. The largest absolute Gasteiger partial charge is 0.491 e. The Morgan fingerprint density at radius 1 is 1.53 bits per heavy atom. The molecule has 0 aromatic heterocycles. The summed E-state index contributed by atoms with van der Waals surface area (Å²) in [5, 5.41) is 17.8. The Labute approximate surface area is 98.5 Å². The fourth-order valence-corrected chi connectivity index (χ4v) is 1.22. The number of benzene rings is 1. The van der Waals surface area contributed by atoms with Crippen LogP contribution in [0, 0.1) is 5.82 Å². The zero-order valence-corrected chi connectivity index (χ0v) is 9.26. The highest BCUT2D eigenvalue weighted by atomic mass is 19.1. The van der Waals surface area contributed by atoms with Crippen molar-refractivity contribution in [3.05, 3.63) is 35.7 Å². The summed E-state index contributed by atoms with van der Waals surface area (Å²) in [4.78, 5) is 11.0. The first-order chi connectivity index (χ1) is 8.04. The molecule has 0 bridgehead atoms. The van der Waals surface area contributed by atoms with E-state index in [0.29, 0.717) is 5.56 Å². The van der Waals surface area contributed by atoms with Crippen molar-refractivity contribution in [3.63, 3.8) is 0 Å². The van der Waals surface area contributed by atoms with Crippen molar-refractivity contribution in [2.75, 3.05) is 6.61 Å². The minimum atomic E-state index is -1.88. The summed E-state index contributed by atoms with van der Waals surface area (Å²) in [6.45, 7) is 1.96. The molecule has 90 valence electrons. The van der Waals surface area contributed by atoms with Gasteiger partial charge in [0.2, 0.25) is 0 Å². The number of halogens is 1. The van der Waals surface area contributed by atoms with Gasteiger partial charge in [-0.2, -0.15) is 0 Å². The molecule has 0 unspecified atom stereocenters. The van der Waals surface area contributed by atoms with Crippen LogP contribution in [-0.4, -0.2) is 29.7 Å². The quantitative estimate of drug-likeness (QED) is 0.443. The van der Waals surface area contributed by atoms with Gasteiger partial charge in [0.1, 0.15) is 5.82 Å². The molecule has 0 radical (unpaired) electrons. The summed E-state index contributed by atoms with van der Waals surface area (Å²) in [6, 6.07) is 3.76. The number of esters is 1. The van der Waals surface area contributed by atoms with Crippen LogP contribution in [0.3, 0.4) is 0 Å². The van der Waals surface area contributed by atoms with Crippen LogP contribution in [0.5, 0.6) is 0 Å². The van der Waals surface area contributed by atoms with Crippen molar-refractivity contribution in [1.29, 1.82) is 0 Å². The summed E-state index contributed by atoms with van der Waals surface area (Å²) in [5.41, 5.74) is 0.235. The predicted molar refractivity (Wildman–Crippen MR) is 61.9 cm³/mol. The van der Waals surface area contributed by atoms with Crippen LogP contribution in [0.15, 0.2) is 24.3 Å². The maximum Gasteiger partial charge on any atom is 0.491 e. The van der Waals surface area contributed by atoms with Gasteiger partial charge in [-0.15, -0.1) is 0 Å². The van der Waals surface area contributed by atoms with E-state index in [1.807, 2.05) is 0 Å². The van der Waals surface area contributed by atoms with Gasteiger partial charge in [-0.25, -0.2) is 9.18 Å². The number of ether oxygens (including phenoxy) is 1. The first kappa shape index (κ1) is 13.4. The lowest BCUT2D eigenvalue weighted by molar-refractivity contribution is -0.137. The number of hydrogen-bond donors (Lipinski definition) is 2. The maximum absolute atomic E-state index is 13.1. The molecule has 2 N–H and O–H groups in total. The van der Waals surface area contributed by atoms with Crippen LogP contribution in [0.25, 0.3) is 6.08 Å². The van der Waals surface area contributed by atoms with Gasteiger partial charge >= 0.3 is 13.1 Å². The molecular weight excluding hydrogens is 226 g/mol. The Morgan fingerprint density at radius 3 is 2.82 bits per heavy atom. The summed E-state index contributed by atoms with van der Waals surface area (Å²) < 4.78 is 17.8. The van der Waals surface area contributed by atoms with E-state index in [0.717, 1.165) is 6.07 Å². The first-order valence-electron chi connectivity index (χ1n) is 5.05. The molecule has 0 aliphatic rings. The minimum Gasteiger partial charge on any atom is -0.463 e. The summed E-state index contributed by atoms with van der Waals surface area (Å²) in [6.07, 6.45) is 2.59. The van der Waals surface area contributed by atoms with Crippen LogP contribution in [0.1, 0.15) is 12.5 Å². The second-order valence-corrected chi connectivity index (χ2v) is 3.24. The molecule has 0 amide bonds. The highest BCUT2D eigenvalue weighted by Crippen LogP contribution is 2.04. The minimum absolute atomic E-state index is 0.240. The Hall–Kier alpha value is -1.66. The van der Waals surface area contributed by atoms with E-state index in [9.17, 15) is 9.18 Å². The fourth-order valence-electron chi connectivity index (χ4n) is 1.22. The monoisotopic (exact) mass is 238 g/mol. The van der Waals surface area contributed by atoms with E-state index >= 15 is 0 Å². The Kier molecular flexibility index (Phi) is 4.87. The third kappa shape index (κ3) is 4.01. The van der Waals surface area contributed by atoms with Gasteiger partial charge < -0.3 is 14.8 Å². The van der Waals surface area contributed by atoms with Crippen LogP contribution >= 0.6 is 0 Å². The van der Waals surface area contributed by atoms with Gasteiger partial charge in [0.25, 0.3) is 0 Å². The van der Waals surface area contributed by atoms with Crippen LogP contribution < -0.4 is 5.46 Å². The van der Waals surface area contributed by atoms with Crippen LogP contribution in [0.4, 0.5) is 4.39 Å². The summed E-state index contributed by atoms with van der Waals surface area (Å²) in [5.74, 6) is -1.23. The zero-order valence-electron chi connectivity index (χ0n) is 9.26. The molecule has 0 aliphatic carbocycles. The molecule has 1 aromatic rings. The van der Waals surface area contributed by atoms with E-state index in [1.54, 1.807) is 6.92 Å². The van der Waals surface area contributed by atoms with Gasteiger partial charge in [-0.05, 0) is 24.6 Å². The van der Waals surface area contributed by atoms with Crippen molar-refractivity contribution in [3.8, 4) is 0 Å². The molecule has 0 heterocycles. The van der Waals surface area contributed by atoms with Gasteiger partial charge in [0.05, 0.1) is 6.61 Å². The van der Waals surface area contributed by atoms with Gasteiger partial charge in [0.15, 0.2) is 0 Å². The second kappa shape index (κ2) is 6.17. The average Bonchev–Trinajstić information content (AvgIpc) is 2.28. The lowest BCUT2D eigenvalue weighted by Gasteiger charge is -2.02. The highest BCUT2D eigenvalue weighted by molar-refractivity contribution is 6.58. The fraction of sp³-hybridized carbons (Fsp3) is 0.182. The zero-order chi connectivity index (χ0) is 12.8. The van der Waals surface area contributed by atoms with Gasteiger partial charge in [-0.1, -0.05) is 12.1 Å². The van der Waals surface area contributed by atoms with Crippen molar-refractivity contribution in [2.24, 2.45) is 0 Å². The Morgan fingerprint density at radius 2 is 2.24 bits per heavy atom. The SMILES string of the molecule is CCOC(=O)C=Cc1ccc(F)c(B(O)O)c1. The summed E-state index contributed by atoms with van der Waals surface area (Å²) in [7, 11) is -1.88. The van der Waals surface area contributed by atoms with E-state index < -0.39 is 18.9 Å². The number of carbonyl (C=O) groups is 1. The molecule has 0 saturated heterocycles. The van der Waals surface area contributed by atoms with Crippen LogP contribution in [-0.2, 0) is 9.53 Å². The highest BCUT2D eigenvalue weighted by Gasteiger charge is 2.16. The Bertz CT molecular complexity index is 431. The molecule has 0 atom stereocenters. The molecular formula is C11H12BFO4. The molecule has 0 aliphatic heterocycles. The van der Waals surface area contributed by atoms with Gasteiger partial charge in [0, 0.05) is 11.5 Å². The number of hydrogen-bond acceptors (Lipinski definition) is 4. The third-order valence-corrected chi connectivity index (χ3v) is 2.00. The van der Waals surface area contributed by atoms with E-state index in [1.165, 1.54) is 24.3 Å². The molecule has 0 fully saturated rings. The predicted octanol–water partition coefficient (Wildman–Crippen LogP) is 0.0818. The Balaban J connectivity index is 2.86. The van der Waals surface area contributed by atoms with Crippen molar-refractivity contribution < 1.29 is 24.0 Å². The molecule has 6 heteroatoms.